The Kier molecular flexibility index (Phi) is 3.97. The van der Waals surface area contributed by atoms with Gasteiger partial charge in [0.05, 0.1) is 0 Å². The Morgan fingerprint density at radius 3 is 2.73 bits per heavy atom. The molecule has 15 heavy (non-hydrogen) atoms. The van der Waals surface area contributed by atoms with E-state index in [9.17, 15) is 8.78 Å². The highest BCUT2D eigenvalue weighted by molar-refractivity contribution is 5.22. The average molecular weight is 211 g/mol. The van der Waals surface area contributed by atoms with Gasteiger partial charge in [-0.25, -0.2) is 8.78 Å². The fraction of sp³-hybridized carbons (Fsp3) is 0.333. The molecule has 3 heteroatoms. The molecular weight excluding hydrogens is 196 g/mol. The first-order chi connectivity index (χ1) is 7.00. The summed E-state index contributed by atoms with van der Waals surface area (Å²) >= 11 is 0. The molecule has 1 aromatic rings. The fourth-order valence-electron chi connectivity index (χ4n) is 1.36. The maximum atomic E-state index is 13.3. The predicted molar refractivity (Wildman–Crippen MR) is 57.3 cm³/mol. The molecule has 1 nitrogen and oxygen atoms in total. The summed E-state index contributed by atoms with van der Waals surface area (Å²) in [4.78, 5) is 0. The van der Waals surface area contributed by atoms with Crippen LogP contribution in [0.3, 0.4) is 0 Å². The van der Waals surface area contributed by atoms with Crippen molar-refractivity contribution in [1.82, 2.24) is 0 Å². The molecule has 0 aliphatic heterocycles. The first-order valence-electron chi connectivity index (χ1n) is 4.85. The summed E-state index contributed by atoms with van der Waals surface area (Å²) in [6, 6.07) is 2.87. The second-order valence-electron chi connectivity index (χ2n) is 3.77. The maximum Gasteiger partial charge on any atom is 0.128 e. The highest BCUT2D eigenvalue weighted by Crippen LogP contribution is 2.21. The molecule has 1 unspecified atom stereocenters. The van der Waals surface area contributed by atoms with Crippen LogP contribution in [0.2, 0.25) is 0 Å². The molecular formula is C12H15F2N. The molecule has 0 aromatic heterocycles. The molecule has 0 saturated heterocycles. The van der Waals surface area contributed by atoms with Gasteiger partial charge in [0.15, 0.2) is 0 Å². The van der Waals surface area contributed by atoms with E-state index >= 15 is 0 Å². The average Bonchev–Trinajstić information content (AvgIpc) is 2.18. The van der Waals surface area contributed by atoms with Gasteiger partial charge in [0, 0.05) is 11.6 Å². The summed E-state index contributed by atoms with van der Waals surface area (Å²) in [5.41, 5.74) is 6.99. The summed E-state index contributed by atoms with van der Waals surface area (Å²) in [5.74, 6) is -0.914. The number of halogens is 2. The van der Waals surface area contributed by atoms with Crippen molar-refractivity contribution in [3.8, 4) is 0 Å². The molecule has 0 aliphatic carbocycles. The topological polar surface area (TPSA) is 26.0 Å². The van der Waals surface area contributed by atoms with Crippen LogP contribution in [0.15, 0.2) is 30.4 Å². The van der Waals surface area contributed by atoms with Gasteiger partial charge < -0.3 is 5.73 Å². The van der Waals surface area contributed by atoms with Crippen LogP contribution in [0.25, 0.3) is 0 Å². The van der Waals surface area contributed by atoms with Gasteiger partial charge in [0.25, 0.3) is 0 Å². The van der Waals surface area contributed by atoms with Crippen LogP contribution >= 0.6 is 0 Å². The van der Waals surface area contributed by atoms with Crippen LogP contribution in [0.1, 0.15) is 31.4 Å². The Morgan fingerprint density at radius 1 is 1.47 bits per heavy atom. The molecule has 0 spiro atoms. The number of benzene rings is 1. The first kappa shape index (κ1) is 11.9. The van der Waals surface area contributed by atoms with Crippen molar-refractivity contribution < 1.29 is 8.78 Å². The van der Waals surface area contributed by atoms with Gasteiger partial charge in [-0.05, 0) is 38.0 Å². The fourth-order valence-corrected chi connectivity index (χ4v) is 1.36. The van der Waals surface area contributed by atoms with Gasteiger partial charge >= 0.3 is 0 Å². The predicted octanol–water partition coefficient (Wildman–Crippen LogP) is 3.32. The van der Waals surface area contributed by atoms with E-state index in [4.69, 9.17) is 5.73 Å². The smallest absolute Gasteiger partial charge is 0.128 e. The van der Waals surface area contributed by atoms with Gasteiger partial charge in [-0.2, -0.15) is 0 Å². The third-order valence-corrected chi connectivity index (χ3v) is 2.24. The lowest BCUT2D eigenvalue weighted by atomic mass is 10.0. The molecule has 0 bridgehead atoms. The van der Waals surface area contributed by atoms with Crippen LogP contribution in [-0.4, -0.2) is 0 Å². The van der Waals surface area contributed by atoms with E-state index in [0.29, 0.717) is 6.42 Å². The molecule has 1 rings (SSSR count). The third-order valence-electron chi connectivity index (χ3n) is 2.24. The lowest BCUT2D eigenvalue weighted by Crippen LogP contribution is -2.12. The van der Waals surface area contributed by atoms with Crippen molar-refractivity contribution >= 4 is 0 Å². The molecule has 0 heterocycles. The highest BCUT2D eigenvalue weighted by atomic mass is 19.1. The highest BCUT2D eigenvalue weighted by Gasteiger charge is 2.12. The third kappa shape index (κ3) is 3.44. The Balaban J connectivity index is 2.76. The summed E-state index contributed by atoms with van der Waals surface area (Å²) < 4.78 is 26.1. The Labute approximate surface area is 88.6 Å². The van der Waals surface area contributed by atoms with E-state index in [2.05, 4.69) is 6.58 Å². The molecule has 82 valence electrons. The van der Waals surface area contributed by atoms with E-state index in [1.807, 2.05) is 6.92 Å². The van der Waals surface area contributed by atoms with Crippen LogP contribution < -0.4 is 5.73 Å². The van der Waals surface area contributed by atoms with Gasteiger partial charge in [0.1, 0.15) is 11.6 Å². The van der Waals surface area contributed by atoms with Crippen molar-refractivity contribution in [2.24, 2.45) is 5.73 Å². The largest absolute Gasteiger partial charge is 0.324 e. The molecule has 1 aromatic carbocycles. The molecule has 1 atom stereocenters. The van der Waals surface area contributed by atoms with Crippen molar-refractivity contribution in [1.29, 1.82) is 0 Å². The Hall–Kier alpha value is -1.22. The summed E-state index contributed by atoms with van der Waals surface area (Å²) in [5, 5.41) is 0. The maximum absolute atomic E-state index is 13.3. The quantitative estimate of drug-likeness (QED) is 0.759. The van der Waals surface area contributed by atoms with Crippen LogP contribution in [0.5, 0.6) is 0 Å². The minimum Gasteiger partial charge on any atom is -0.324 e. The van der Waals surface area contributed by atoms with E-state index in [1.54, 1.807) is 0 Å². The Bertz CT molecular complexity index is 361. The lowest BCUT2D eigenvalue weighted by molar-refractivity contribution is 0.548. The second kappa shape index (κ2) is 5.03. The van der Waals surface area contributed by atoms with Crippen molar-refractivity contribution in [2.45, 2.75) is 25.8 Å². The molecule has 0 fully saturated rings. The van der Waals surface area contributed by atoms with Gasteiger partial charge in [-0.3, -0.25) is 0 Å². The molecule has 0 radical (unpaired) electrons. The second-order valence-corrected chi connectivity index (χ2v) is 3.77. The standard InChI is InChI=1S/C12H15F2N/c1-8(2)3-6-12(15)10-7-9(13)4-5-11(10)14/h4-5,7,12H,1,3,6,15H2,2H3. The number of hydrogen-bond donors (Lipinski definition) is 1. The summed E-state index contributed by atoms with van der Waals surface area (Å²) in [7, 11) is 0. The molecule has 0 amide bonds. The lowest BCUT2D eigenvalue weighted by Gasteiger charge is -2.12. The van der Waals surface area contributed by atoms with Crippen molar-refractivity contribution in [3.05, 3.63) is 47.5 Å². The van der Waals surface area contributed by atoms with E-state index < -0.39 is 17.7 Å². The van der Waals surface area contributed by atoms with Crippen molar-refractivity contribution in [2.75, 3.05) is 0 Å². The zero-order chi connectivity index (χ0) is 11.4. The van der Waals surface area contributed by atoms with E-state index in [0.717, 1.165) is 30.2 Å². The molecule has 0 aliphatic rings. The minimum atomic E-state index is -0.475. The zero-order valence-electron chi connectivity index (χ0n) is 8.76. The van der Waals surface area contributed by atoms with E-state index in [-0.39, 0.29) is 5.56 Å². The normalized spacial score (nSPS) is 12.5. The SMILES string of the molecule is C=C(C)CCC(N)c1cc(F)ccc1F. The first-order valence-corrected chi connectivity index (χ1v) is 4.85. The van der Waals surface area contributed by atoms with Gasteiger partial charge in [-0.15, -0.1) is 6.58 Å². The van der Waals surface area contributed by atoms with Gasteiger partial charge in [0.2, 0.25) is 0 Å². The van der Waals surface area contributed by atoms with Gasteiger partial charge in [-0.1, -0.05) is 5.57 Å². The van der Waals surface area contributed by atoms with E-state index in [1.165, 1.54) is 0 Å². The summed E-state index contributed by atoms with van der Waals surface area (Å²) in [6.45, 7) is 5.62. The summed E-state index contributed by atoms with van der Waals surface area (Å²) in [6.07, 6.45) is 1.30. The monoisotopic (exact) mass is 211 g/mol. The molecule has 2 N–H and O–H groups in total. The van der Waals surface area contributed by atoms with Crippen LogP contribution in [0, 0.1) is 11.6 Å². The number of nitrogens with two attached hydrogens (primary N) is 1. The van der Waals surface area contributed by atoms with Crippen molar-refractivity contribution in [3.63, 3.8) is 0 Å². The molecule has 0 saturated carbocycles. The number of rotatable bonds is 4. The minimum absolute atomic E-state index is 0.233. The number of hydrogen-bond acceptors (Lipinski definition) is 1. The van der Waals surface area contributed by atoms with Crippen LogP contribution in [0.4, 0.5) is 8.78 Å². The zero-order valence-corrected chi connectivity index (χ0v) is 8.76. The van der Waals surface area contributed by atoms with Crippen LogP contribution in [-0.2, 0) is 0 Å². The number of allylic oxidation sites excluding steroid dienone is 1. The Morgan fingerprint density at radius 2 is 2.13 bits per heavy atom.